The summed E-state index contributed by atoms with van der Waals surface area (Å²) >= 11 is 0. The maximum atomic E-state index is 13.8. The Morgan fingerprint density at radius 1 is 0.938 bits per heavy atom. The van der Waals surface area contributed by atoms with E-state index in [1.54, 1.807) is 18.6 Å². The number of aromatic nitrogens is 2. The summed E-state index contributed by atoms with van der Waals surface area (Å²) in [6, 6.07) is 8.57. The molecule has 2 heterocycles. The van der Waals surface area contributed by atoms with Crippen molar-refractivity contribution in [3.8, 4) is 0 Å². The number of carbonyl (C=O) groups is 1. The Morgan fingerprint density at radius 3 is 2.19 bits per heavy atom. The van der Waals surface area contributed by atoms with Crippen LogP contribution in [0.5, 0.6) is 0 Å². The van der Waals surface area contributed by atoms with E-state index >= 15 is 0 Å². The minimum absolute atomic E-state index is 0.0560. The van der Waals surface area contributed by atoms with Gasteiger partial charge in [-0.3, -0.25) is 9.78 Å². The third-order valence-corrected chi connectivity index (χ3v) is 6.96. The molecule has 0 radical (unpaired) electrons. The largest absolute Gasteiger partial charge is 0.353 e. The molecule has 32 heavy (non-hydrogen) atoms. The first-order valence-corrected chi connectivity index (χ1v) is 11.2. The quantitative estimate of drug-likeness (QED) is 0.630. The van der Waals surface area contributed by atoms with Gasteiger partial charge in [-0.2, -0.15) is 4.31 Å². The van der Waals surface area contributed by atoms with Crippen LogP contribution in [0.3, 0.4) is 0 Å². The van der Waals surface area contributed by atoms with Crippen LogP contribution in [-0.2, 0) is 10.0 Å². The van der Waals surface area contributed by atoms with Crippen molar-refractivity contribution in [2.45, 2.75) is 4.90 Å². The van der Waals surface area contributed by atoms with Crippen molar-refractivity contribution in [1.29, 1.82) is 0 Å². The van der Waals surface area contributed by atoms with Crippen molar-refractivity contribution >= 4 is 27.4 Å². The third kappa shape index (κ3) is 4.43. The number of halogens is 2. The lowest BCUT2D eigenvalue weighted by molar-refractivity contribution is 0.101. The van der Waals surface area contributed by atoms with E-state index in [0.717, 1.165) is 18.2 Å². The van der Waals surface area contributed by atoms with Crippen molar-refractivity contribution in [2.75, 3.05) is 36.4 Å². The second-order valence-corrected chi connectivity index (χ2v) is 8.97. The van der Waals surface area contributed by atoms with E-state index in [-0.39, 0.29) is 23.7 Å². The standard InChI is InChI=1S/C21H19F2N5O3S/c22-17-2-1-3-18(23)20(17)21(29)26-15-4-6-16(7-5-15)32(30,31)28-12-10-27(11-13-28)19-14-24-8-9-25-19/h1-9,14H,10-13H2,(H,26,29). The molecule has 8 nitrogen and oxygen atoms in total. The number of carbonyl (C=O) groups excluding carboxylic acids is 1. The predicted octanol–water partition coefficient (Wildman–Crippen LogP) is 2.52. The van der Waals surface area contributed by atoms with Gasteiger partial charge in [0.05, 0.1) is 11.1 Å². The number of hydrogen-bond donors (Lipinski definition) is 1. The number of hydrogen-bond acceptors (Lipinski definition) is 6. The summed E-state index contributed by atoms with van der Waals surface area (Å²) < 4.78 is 54.9. The highest BCUT2D eigenvalue weighted by Crippen LogP contribution is 2.22. The number of amides is 1. The molecular formula is C21H19F2N5O3S. The molecule has 11 heteroatoms. The zero-order valence-corrected chi connectivity index (χ0v) is 17.6. The Morgan fingerprint density at radius 2 is 1.59 bits per heavy atom. The molecule has 0 spiro atoms. The van der Waals surface area contributed by atoms with Gasteiger partial charge in [0.25, 0.3) is 5.91 Å². The fourth-order valence-corrected chi connectivity index (χ4v) is 4.80. The Labute approximate surface area is 183 Å². The number of rotatable bonds is 5. The number of benzene rings is 2. The lowest BCUT2D eigenvalue weighted by atomic mass is 10.2. The molecule has 166 valence electrons. The van der Waals surface area contributed by atoms with Crippen molar-refractivity contribution in [1.82, 2.24) is 14.3 Å². The monoisotopic (exact) mass is 459 g/mol. The van der Waals surface area contributed by atoms with E-state index in [4.69, 9.17) is 0 Å². The predicted molar refractivity (Wildman–Crippen MR) is 114 cm³/mol. The molecule has 3 aromatic rings. The van der Waals surface area contributed by atoms with Gasteiger partial charge in [0.15, 0.2) is 0 Å². The van der Waals surface area contributed by atoms with Crippen molar-refractivity contribution < 1.29 is 22.0 Å². The van der Waals surface area contributed by atoms with E-state index < -0.39 is 33.1 Å². The number of nitrogens with zero attached hydrogens (tertiary/aromatic N) is 4. The normalized spacial score (nSPS) is 14.9. The van der Waals surface area contributed by atoms with Crippen LogP contribution in [0.15, 0.2) is 66.0 Å². The van der Waals surface area contributed by atoms with Crippen LogP contribution in [0, 0.1) is 11.6 Å². The molecule has 0 unspecified atom stereocenters. The molecule has 1 aromatic heterocycles. The van der Waals surface area contributed by atoms with Gasteiger partial charge in [-0.15, -0.1) is 0 Å². The fourth-order valence-electron chi connectivity index (χ4n) is 3.38. The molecule has 1 N–H and O–H groups in total. The molecule has 0 atom stereocenters. The third-order valence-electron chi connectivity index (χ3n) is 5.05. The highest BCUT2D eigenvalue weighted by Gasteiger charge is 2.29. The van der Waals surface area contributed by atoms with Crippen molar-refractivity contribution in [3.63, 3.8) is 0 Å². The summed E-state index contributed by atoms with van der Waals surface area (Å²) in [4.78, 5) is 22.5. The Balaban J connectivity index is 1.43. The topological polar surface area (TPSA) is 95.5 Å². The number of sulfonamides is 1. The van der Waals surface area contributed by atoms with Crippen LogP contribution < -0.4 is 10.2 Å². The molecule has 1 aliphatic rings. The summed E-state index contributed by atoms with van der Waals surface area (Å²) in [5, 5.41) is 2.38. The average molecular weight is 459 g/mol. The van der Waals surface area contributed by atoms with Crippen LogP contribution in [0.2, 0.25) is 0 Å². The molecule has 0 aliphatic carbocycles. The van der Waals surface area contributed by atoms with E-state index in [2.05, 4.69) is 15.3 Å². The molecule has 1 saturated heterocycles. The van der Waals surface area contributed by atoms with Gasteiger partial charge in [-0.05, 0) is 36.4 Å². The van der Waals surface area contributed by atoms with Crippen molar-refractivity contribution in [3.05, 3.63) is 78.3 Å². The van der Waals surface area contributed by atoms with Gasteiger partial charge in [0, 0.05) is 44.3 Å². The highest BCUT2D eigenvalue weighted by atomic mass is 32.2. The Bertz CT molecular complexity index is 1200. The average Bonchev–Trinajstić information content (AvgIpc) is 2.80. The zero-order valence-electron chi connectivity index (χ0n) is 16.8. The smallest absolute Gasteiger partial charge is 0.261 e. The van der Waals surface area contributed by atoms with E-state index in [1.165, 1.54) is 28.6 Å². The molecule has 1 fully saturated rings. The lowest BCUT2D eigenvalue weighted by Crippen LogP contribution is -2.48. The Kier molecular flexibility index (Phi) is 6.10. The maximum Gasteiger partial charge on any atom is 0.261 e. The second-order valence-electron chi connectivity index (χ2n) is 7.03. The highest BCUT2D eigenvalue weighted by molar-refractivity contribution is 7.89. The molecular weight excluding hydrogens is 440 g/mol. The van der Waals surface area contributed by atoms with E-state index in [0.29, 0.717) is 18.9 Å². The first kappa shape index (κ1) is 21.8. The number of anilines is 2. The summed E-state index contributed by atoms with van der Waals surface area (Å²) in [7, 11) is -3.74. The van der Waals surface area contributed by atoms with Crippen LogP contribution in [-0.4, -0.2) is 54.8 Å². The Hall–Kier alpha value is -3.44. The number of piperazine rings is 1. The first-order chi connectivity index (χ1) is 15.4. The van der Waals surface area contributed by atoms with Gasteiger partial charge < -0.3 is 10.2 Å². The summed E-state index contributed by atoms with van der Waals surface area (Å²) in [6.07, 6.45) is 4.78. The van der Waals surface area contributed by atoms with Crippen LogP contribution in [0.1, 0.15) is 10.4 Å². The minimum Gasteiger partial charge on any atom is -0.353 e. The molecule has 2 aromatic carbocycles. The van der Waals surface area contributed by atoms with E-state index in [1.807, 2.05) is 4.90 Å². The van der Waals surface area contributed by atoms with Crippen molar-refractivity contribution in [2.24, 2.45) is 0 Å². The van der Waals surface area contributed by atoms with E-state index in [9.17, 15) is 22.0 Å². The SMILES string of the molecule is O=C(Nc1ccc(S(=O)(=O)N2CCN(c3cnccn3)CC2)cc1)c1c(F)cccc1F. The zero-order chi connectivity index (χ0) is 22.7. The minimum atomic E-state index is -3.74. The van der Waals surface area contributed by atoms with Crippen LogP contribution in [0.4, 0.5) is 20.3 Å². The molecule has 1 amide bonds. The van der Waals surface area contributed by atoms with Gasteiger partial charge in [-0.1, -0.05) is 6.07 Å². The summed E-state index contributed by atoms with van der Waals surface area (Å²) in [5.74, 6) is -2.24. The van der Waals surface area contributed by atoms with Gasteiger partial charge in [-0.25, -0.2) is 22.2 Å². The summed E-state index contributed by atoms with van der Waals surface area (Å²) in [5.41, 5.74) is -0.491. The van der Waals surface area contributed by atoms with Crippen LogP contribution in [0.25, 0.3) is 0 Å². The molecule has 1 aliphatic heterocycles. The molecule has 0 saturated carbocycles. The number of nitrogens with one attached hydrogen (secondary N) is 1. The first-order valence-electron chi connectivity index (χ1n) is 9.73. The van der Waals surface area contributed by atoms with Gasteiger partial charge in [0.1, 0.15) is 23.0 Å². The van der Waals surface area contributed by atoms with Crippen LogP contribution >= 0.6 is 0 Å². The maximum absolute atomic E-state index is 13.8. The summed E-state index contributed by atoms with van der Waals surface area (Å²) in [6.45, 7) is 1.51. The van der Waals surface area contributed by atoms with Gasteiger partial charge >= 0.3 is 0 Å². The van der Waals surface area contributed by atoms with Gasteiger partial charge in [0.2, 0.25) is 10.0 Å². The fraction of sp³-hybridized carbons (Fsp3) is 0.190. The molecule has 4 rings (SSSR count). The second kappa shape index (κ2) is 8.97. The lowest BCUT2D eigenvalue weighted by Gasteiger charge is -2.34. The molecule has 0 bridgehead atoms.